The Labute approximate surface area is 111 Å². The van der Waals surface area contributed by atoms with Crippen LogP contribution >= 0.6 is 11.6 Å². The number of aryl methyl sites for hydroxylation is 1. The minimum Gasteiger partial charge on any atom is -0.383 e. The monoisotopic (exact) mass is 273 g/mol. The molecule has 1 aromatic rings. The summed E-state index contributed by atoms with van der Waals surface area (Å²) < 4.78 is 18.1. The maximum atomic E-state index is 13.1. The largest absolute Gasteiger partial charge is 0.383 e. The van der Waals surface area contributed by atoms with Crippen molar-refractivity contribution in [1.82, 2.24) is 5.32 Å². The van der Waals surface area contributed by atoms with Crippen molar-refractivity contribution in [1.29, 1.82) is 0 Å². The molecule has 1 rings (SSSR count). The number of methoxy groups -OCH3 is 1. The number of amides is 1. The molecule has 5 heteroatoms. The molecular weight excluding hydrogens is 257 g/mol. The maximum absolute atomic E-state index is 13.1. The molecule has 100 valence electrons. The first kappa shape index (κ1) is 14.9. The average molecular weight is 274 g/mol. The van der Waals surface area contributed by atoms with E-state index in [1.165, 1.54) is 18.2 Å². The SMILES string of the molecule is COCC(CCCl)NC(=O)c1ccc(F)c(C)c1. The molecule has 0 heterocycles. The van der Waals surface area contributed by atoms with E-state index in [-0.39, 0.29) is 17.8 Å². The van der Waals surface area contributed by atoms with E-state index in [0.717, 1.165) is 0 Å². The predicted molar refractivity (Wildman–Crippen MR) is 69.6 cm³/mol. The summed E-state index contributed by atoms with van der Waals surface area (Å²) in [5.74, 6) is -0.123. The van der Waals surface area contributed by atoms with Crippen LogP contribution in [0.5, 0.6) is 0 Å². The van der Waals surface area contributed by atoms with Crippen LogP contribution in [0, 0.1) is 12.7 Å². The Morgan fingerprint density at radius 1 is 1.56 bits per heavy atom. The summed E-state index contributed by atoms with van der Waals surface area (Å²) in [6, 6.07) is 4.14. The van der Waals surface area contributed by atoms with Gasteiger partial charge in [-0.15, -0.1) is 11.6 Å². The molecule has 1 N–H and O–H groups in total. The first-order valence-electron chi connectivity index (χ1n) is 5.70. The second-order valence-electron chi connectivity index (χ2n) is 4.07. The van der Waals surface area contributed by atoms with Crippen molar-refractivity contribution in [3.05, 3.63) is 35.1 Å². The van der Waals surface area contributed by atoms with Crippen LogP contribution in [0.2, 0.25) is 0 Å². The highest BCUT2D eigenvalue weighted by Crippen LogP contribution is 2.09. The number of hydrogen-bond donors (Lipinski definition) is 1. The third-order valence-corrected chi connectivity index (χ3v) is 2.80. The van der Waals surface area contributed by atoms with Crippen LogP contribution in [0.4, 0.5) is 4.39 Å². The fourth-order valence-corrected chi connectivity index (χ4v) is 1.85. The summed E-state index contributed by atoms with van der Waals surface area (Å²) in [6.45, 7) is 2.02. The van der Waals surface area contributed by atoms with Crippen LogP contribution < -0.4 is 5.32 Å². The first-order chi connectivity index (χ1) is 8.58. The zero-order valence-corrected chi connectivity index (χ0v) is 11.3. The highest BCUT2D eigenvalue weighted by atomic mass is 35.5. The summed E-state index contributed by atoms with van der Waals surface area (Å²) in [6.07, 6.45) is 0.626. The molecule has 1 unspecified atom stereocenters. The highest BCUT2D eigenvalue weighted by Gasteiger charge is 2.14. The van der Waals surface area contributed by atoms with Gasteiger partial charge in [-0.25, -0.2) is 4.39 Å². The van der Waals surface area contributed by atoms with Gasteiger partial charge in [0.05, 0.1) is 12.6 Å². The van der Waals surface area contributed by atoms with Crippen molar-refractivity contribution >= 4 is 17.5 Å². The molecule has 0 aromatic heterocycles. The first-order valence-corrected chi connectivity index (χ1v) is 6.24. The Kier molecular flexibility index (Phi) is 6.09. The van der Waals surface area contributed by atoms with Gasteiger partial charge in [0, 0.05) is 18.6 Å². The average Bonchev–Trinajstić information content (AvgIpc) is 2.33. The molecule has 3 nitrogen and oxygen atoms in total. The quantitative estimate of drug-likeness (QED) is 0.809. The smallest absolute Gasteiger partial charge is 0.251 e. The number of rotatable bonds is 6. The lowest BCUT2D eigenvalue weighted by Crippen LogP contribution is -2.38. The van der Waals surface area contributed by atoms with Crippen molar-refractivity contribution in [3.63, 3.8) is 0 Å². The molecule has 18 heavy (non-hydrogen) atoms. The van der Waals surface area contributed by atoms with Crippen molar-refractivity contribution < 1.29 is 13.9 Å². The van der Waals surface area contributed by atoms with Crippen LogP contribution in [0.1, 0.15) is 22.3 Å². The number of nitrogens with one attached hydrogen (secondary N) is 1. The molecule has 0 saturated heterocycles. The van der Waals surface area contributed by atoms with Gasteiger partial charge in [0.25, 0.3) is 5.91 Å². The normalized spacial score (nSPS) is 12.2. The van der Waals surface area contributed by atoms with Crippen molar-refractivity contribution in [2.75, 3.05) is 19.6 Å². The third kappa shape index (κ3) is 4.27. The number of carbonyl (C=O) groups is 1. The van der Waals surface area contributed by atoms with E-state index in [1.807, 2.05) is 0 Å². The van der Waals surface area contributed by atoms with Gasteiger partial charge in [-0.2, -0.15) is 0 Å². The van der Waals surface area contributed by atoms with Gasteiger partial charge in [0.15, 0.2) is 0 Å². The molecule has 1 atom stereocenters. The maximum Gasteiger partial charge on any atom is 0.251 e. The Morgan fingerprint density at radius 3 is 2.83 bits per heavy atom. The van der Waals surface area contributed by atoms with Gasteiger partial charge >= 0.3 is 0 Å². The molecule has 0 aliphatic carbocycles. The summed E-state index contributed by atoms with van der Waals surface area (Å²) in [7, 11) is 1.56. The Balaban J connectivity index is 2.70. The van der Waals surface area contributed by atoms with Gasteiger partial charge < -0.3 is 10.1 Å². The van der Waals surface area contributed by atoms with Crippen molar-refractivity contribution in [2.45, 2.75) is 19.4 Å². The Morgan fingerprint density at radius 2 is 2.28 bits per heavy atom. The second-order valence-corrected chi connectivity index (χ2v) is 4.45. The lowest BCUT2D eigenvalue weighted by Gasteiger charge is -2.16. The zero-order chi connectivity index (χ0) is 13.5. The fourth-order valence-electron chi connectivity index (χ4n) is 1.58. The number of alkyl halides is 1. The van der Waals surface area contributed by atoms with E-state index >= 15 is 0 Å². The molecule has 1 amide bonds. The highest BCUT2D eigenvalue weighted by molar-refractivity contribution is 6.17. The number of halogens is 2. The van der Waals surface area contributed by atoms with Crippen LogP contribution in [0.25, 0.3) is 0 Å². The van der Waals surface area contributed by atoms with Crippen molar-refractivity contribution in [2.24, 2.45) is 0 Å². The Bertz CT molecular complexity index is 406. The minimum atomic E-state index is -0.319. The molecular formula is C13H17ClFNO2. The number of benzene rings is 1. The van der Waals surface area contributed by atoms with Gasteiger partial charge in [-0.1, -0.05) is 0 Å². The van der Waals surface area contributed by atoms with Crippen LogP contribution in [-0.2, 0) is 4.74 Å². The van der Waals surface area contributed by atoms with Gasteiger partial charge in [0.1, 0.15) is 5.82 Å². The lowest BCUT2D eigenvalue weighted by molar-refractivity contribution is 0.0895. The van der Waals surface area contributed by atoms with Gasteiger partial charge in [-0.3, -0.25) is 4.79 Å². The third-order valence-electron chi connectivity index (χ3n) is 2.58. The van der Waals surface area contributed by atoms with E-state index in [9.17, 15) is 9.18 Å². The predicted octanol–water partition coefficient (Wildman–Crippen LogP) is 2.51. The molecule has 0 spiro atoms. The topological polar surface area (TPSA) is 38.3 Å². The molecule has 0 saturated carbocycles. The van der Waals surface area contributed by atoms with Crippen LogP contribution in [0.15, 0.2) is 18.2 Å². The van der Waals surface area contributed by atoms with E-state index in [0.29, 0.717) is 30.0 Å². The fraction of sp³-hybridized carbons (Fsp3) is 0.462. The molecule has 0 radical (unpaired) electrons. The molecule has 0 aliphatic heterocycles. The van der Waals surface area contributed by atoms with Crippen molar-refractivity contribution in [3.8, 4) is 0 Å². The van der Waals surface area contributed by atoms with Crippen LogP contribution in [-0.4, -0.2) is 31.5 Å². The summed E-state index contributed by atoms with van der Waals surface area (Å²) in [5.41, 5.74) is 0.882. The van der Waals surface area contributed by atoms with E-state index in [2.05, 4.69) is 5.32 Å². The molecule has 0 fully saturated rings. The Hall–Kier alpha value is -1.13. The lowest BCUT2D eigenvalue weighted by atomic mass is 10.1. The summed E-state index contributed by atoms with van der Waals surface area (Å²) in [5, 5.41) is 2.81. The number of carbonyl (C=O) groups excluding carboxylic acids is 1. The number of hydrogen-bond acceptors (Lipinski definition) is 2. The number of ether oxygens (including phenoxy) is 1. The molecule has 0 aliphatic rings. The van der Waals surface area contributed by atoms with E-state index in [1.54, 1.807) is 14.0 Å². The second kappa shape index (κ2) is 7.34. The van der Waals surface area contributed by atoms with E-state index < -0.39 is 0 Å². The van der Waals surface area contributed by atoms with Crippen LogP contribution in [0.3, 0.4) is 0 Å². The summed E-state index contributed by atoms with van der Waals surface area (Å²) in [4.78, 5) is 11.9. The van der Waals surface area contributed by atoms with Gasteiger partial charge in [-0.05, 0) is 37.1 Å². The van der Waals surface area contributed by atoms with E-state index in [4.69, 9.17) is 16.3 Å². The minimum absolute atomic E-state index is 0.134. The molecule has 1 aromatic carbocycles. The van der Waals surface area contributed by atoms with Gasteiger partial charge in [0.2, 0.25) is 0 Å². The zero-order valence-electron chi connectivity index (χ0n) is 10.5. The molecule has 0 bridgehead atoms. The summed E-state index contributed by atoms with van der Waals surface area (Å²) >= 11 is 5.65. The standard InChI is InChI=1S/C13H17ClFNO2/c1-9-7-10(3-4-12(9)15)13(17)16-11(5-6-14)8-18-2/h3-4,7,11H,5-6,8H2,1-2H3,(H,16,17).